The molecule has 2 aliphatic heterocycles. The number of amides is 1. The van der Waals surface area contributed by atoms with Crippen LogP contribution in [-0.2, 0) is 14.8 Å². The first-order valence-corrected chi connectivity index (χ1v) is 10.8. The quantitative estimate of drug-likeness (QED) is 0.817. The second kappa shape index (κ2) is 7.57. The number of nitrogens with one attached hydrogen (secondary N) is 1. The number of sulfonamides is 1. The van der Waals surface area contributed by atoms with Crippen molar-refractivity contribution in [3.8, 4) is 11.5 Å². The summed E-state index contributed by atoms with van der Waals surface area (Å²) in [6.07, 6.45) is 0. The molecule has 2 aliphatic rings. The number of carbonyl (C=O) groups excluding carboxylic acids is 1. The van der Waals surface area contributed by atoms with Crippen LogP contribution in [0.3, 0.4) is 0 Å². The minimum atomic E-state index is -3.68. The van der Waals surface area contributed by atoms with Crippen molar-refractivity contribution in [1.29, 1.82) is 0 Å². The van der Waals surface area contributed by atoms with Crippen LogP contribution in [0, 0.1) is 6.92 Å². The van der Waals surface area contributed by atoms with E-state index in [0.717, 1.165) is 11.4 Å². The fourth-order valence-electron chi connectivity index (χ4n) is 3.69. The molecule has 2 aromatic carbocycles. The van der Waals surface area contributed by atoms with Gasteiger partial charge in [0.15, 0.2) is 6.61 Å². The summed E-state index contributed by atoms with van der Waals surface area (Å²) in [6.45, 7) is 3.47. The minimum Gasteiger partial charge on any atom is -0.495 e. The van der Waals surface area contributed by atoms with Gasteiger partial charge in [0.1, 0.15) is 11.5 Å². The van der Waals surface area contributed by atoms with Gasteiger partial charge in [-0.25, -0.2) is 8.42 Å². The third-order valence-corrected chi connectivity index (χ3v) is 7.23. The molecule has 0 unspecified atom stereocenters. The van der Waals surface area contributed by atoms with Gasteiger partial charge in [-0.15, -0.1) is 0 Å². The van der Waals surface area contributed by atoms with Gasteiger partial charge in [-0.2, -0.15) is 4.31 Å². The Bertz CT molecular complexity index is 1050. The first kappa shape index (κ1) is 19.5. The van der Waals surface area contributed by atoms with E-state index in [9.17, 15) is 13.2 Å². The Labute approximate surface area is 170 Å². The summed E-state index contributed by atoms with van der Waals surface area (Å²) >= 11 is 0. The number of anilines is 2. The number of benzene rings is 2. The number of hydrogen-bond donors (Lipinski definition) is 1. The summed E-state index contributed by atoms with van der Waals surface area (Å²) in [7, 11) is -2.05. The summed E-state index contributed by atoms with van der Waals surface area (Å²) in [4.78, 5) is 13.8. The number of ether oxygens (including phenoxy) is 2. The number of rotatable bonds is 4. The molecule has 0 atom stereocenters. The van der Waals surface area contributed by atoms with Crippen LogP contribution < -0.4 is 19.7 Å². The fourth-order valence-corrected chi connectivity index (χ4v) is 5.34. The summed E-state index contributed by atoms with van der Waals surface area (Å²) in [5, 5.41) is 2.70. The van der Waals surface area contributed by atoms with Crippen LogP contribution in [0.5, 0.6) is 11.5 Å². The maximum atomic E-state index is 13.3. The molecule has 0 radical (unpaired) electrons. The lowest BCUT2D eigenvalue weighted by Gasteiger charge is -2.36. The smallest absolute Gasteiger partial charge is 0.262 e. The lowest BCUT2D eigenvalue weighted by Crippen LogP contribution is -2.48. The molecule has 2 heterocycles. The molecule has 0 aliphatic carbocycles. The highest BCUT2D eigenvalue weighted by Gasteiger charge is 2.32. The molecular weight excluding hydrogens is 394 g/mol. The van der Waals surface area contributed by atoms with Crippen molar-refractivity contribution in [2.24, 2.45) is 0 Å². The average Bonchev–Trinajstić information content (AvgIpc) is 2.73. The van der Waals surface area contributed by atoms with Crippen molar-refractivity contribution in [2.75, 3.05) is 50.1 Å². The molecular formula is C20H23N3O5S. The molecule has 0 bridgehead atoms. The number of nitrogens with zero attached hydrogens (tertiary/aromatic N) is 2. The second-order valence-corrected chi connectivity index (χ2v) is 8.92. The van der Waals surface area contributed by atoms with Crippen LogP contribution in [0.1, 0.15) is 5.56 Å². The average molecular weight is 417 g/mol. The van der Waals surface area contributed by atoms with E-state index in [1.807, 2.05) is 24.3 Å². The third kappa shape index (κ3) is 3.63. The van der Waals surface area contributed by atoms with Crippen molar-refractivity contribution < 1.29 is 22.7 Å². The van der Waals surface area contributed by atoms with Crippen LogP contribution in [0.2, 0.25) is 0 Å². The Hall–Kier alpha value is -2.78. The van der Waals surface area contributed by atoms with Crippen molar-refractivity contribution in [2.45, 2.75) is 11.8 Å². The van der Waals surface area contributed by atoms with Crippen LogP contribution in [0.4, 0.5) is 11.4 Å². The molecule has 29 heavy (non-hydrogen) atoms. The number of aryl methyl sites for hydroxylation is 1. The van der Waals surface area contributed by atoms with Crippen molar-refractivity contribution in [3.05, 3.63) is 42.0 Å². The van der Waals surface area contributed by atoms with Gasteiger partial charge in [0.2, 0.25) is 10.0 Å². The fraction of sp³-hybridized carbons (Fsp3) is 0.350. The molecule has 8 nitrogen and oxygen atoms in total. The molecule has 0 saturated carbocycles. The van der Waals surface area contributed by atoms with Gasteiger partial charge in [0.25, 0.3) is 5.91 Å². The Morgan fingerprint density at radius 1 is 1.10 bits per heavy atom. The van der Waals surface area contributed by atoms with Gasteiger partial charge < -0.3 is 19.7 Å². The van der Waals surface area contributed by atoms with E-state index in [0.29, 0.717) is 43.2 Å². The number of methoxy groups -OCH3 is 1. The van der Waals surface area contributed by atoms with Gasteiger partial charge in [-0.1, -0.05) is 12.1 Å². The van der Waals surface area contributed by atoms with Crippen molar-refractivity contribution in [3.63, 3.8) is 0 Å². The Balaban J connectivity index is 1.55. The first-order chi connectivity index (χ1) is 13.9. The molecule has 1 amide bonds. The Morgan fingerprint density at radius 3 is 2.55 bits per heavy atom. The van der Waals surface area contributed by atoms with Gasteiger partial charge in [0, 0.05) is 32.2 Å². The lowest BCUT2D eigenvalue weighted by molar-refractivity contribution is -0.118. The standard InChI is InChI=1S/C20H23N3O5S/c1-14-11-15-18(28-13-20(24)21-15)12-19(14)29(25,26)23-9-7-22(8-10-23)16-5-3-4-6-17(16)27-2/h3-6,11-12H,7-10,13H2,1-2H3,(H,21,24). The monoisotopic (exact) mass is 417 g/mol. The van der Waals surface area contributed by atoms with E-state index >= 15 is 0 Å². The summed E-state index contributed by atoms with van der Waals surface area (Å²) in [5.74, 6) is 0.898. The van der Waals surface area contributed by atoms with Gasteiger partial charge in [-0.3, -0.25) is 4.79 Å². The zero-order chi connectivity index (χ0) is 20.6. The van der Waals surface area contributed by atoms with Crippen LogP contribution in [0.25, 0.3) is 0 Å². The number of piperazine rings is 1. The maximum absolute atomic E-state index is 13.3. The predicted octanol–water partition coefficient (Wildman–Crippen LogP) is 1.85. The zero-order valence-electron chi connectivity index (χ0n) is 16.3. The van der Waals surface area contributed by atoms with Crippen LogP contribution in [-0.4, -0.2) is 58.5 Å². The molecule has 0 aromatic heterocycles. The van der Waals surface area contributed by atoms with Crippen LogP contribution >= 0.6 is 0 Å². The van der Waals surface area contributed by atoms with E-state index in [2.05, 4.69) is 10.2 Å². The molecule has 9 heteroatoms. The SMILES string of the molecule is COc1ccccc1N1CCN(S(=O)(=O)c2cc3c(cc2C)NC(=O)CO3)CC1. The second-order valence-electron chi connectivity index (χ2n) is 7.01. The molecule has 2 aromatic rings. The Morgan fingerprint density at radius 2 is 1.83 bits per heavy atom. The third-order valence-electron chi connectivity index (χ3n) is 5.19. The highest BCUT2D eigenvalue weighted by molar-refractivity contribution is 7.89. The molecule has 0 spiro atoms. The number of para-hydroxylation sites is 2. The normalized spacial score (nSPS) is 17.3. The molecule has 154 valence electrons. The van der Waals surface area contributed by atoms with E-state index in [-0.39, 0.29) is 17.4 Å². The van der Waals surface area contributed by atoms with Crippen molar-refractivity contribution >= 4 is 27.3 Å². The highest BCUT2D eigenvalue weighted by Crippen LogP contribution is 2.35. The largest absolute Gasteiger partial charge is 0.495 e. The molecule has 1 N–H and O–H groups in total. The molecule has 4 rings (SSSR count). The van der Waals surface area contributed by atoms with E-state index in [1.54, 1.807) is 20.1 Å². The Kier molecular flexibility index (Phi) is 5.10. The van der Waals surface area contributed by atoms with E-state index in [4.69, 9.17) is 9.47 Å². The predicted molar refractivity (Wildman–Crippen MR) is 109 cm³/mol. The van der Waals surface area contributed by atoms with Gasteiger partial charge in [-0.05, 0) is 30.7 Å². The first-order valence-electron chi connectivity index (χ1n) is 9.35. The van der Waals surface area contributed by atoms with E-state index in [1.165, 1.54) is 10.4 Å². The number of carbonyl (C=O) groups is 1. The van der Waals surface area contributed by atoms with Gasteiger partial charge in [0.05, 0.1) is 23.4 Å². The highest BCUT2D eigenvalue weighted by atomic mass is 32.2. The molecule has 1 fully saturated rings. The maximum Gasteiger partial charge on any atom is 0.262 e. The van der Waals surface area contributed by atoms with Crippen molar-refractivity contribution in [1.82, 2.24) is 4.31 Å². The summed E-state index contributed by atoms with van der Waals surface area (Å²) in [5.41, 5.74) is 2.03. The zero-order valence-corrected chi connectivity index (χ0v) is 17.2. The summed E-state index contributed by atoms with van der Waals surface area (Å²) < 4.78 is 38.8. The van der Waals surface area contributed by atoms with E-state index < -0.39 is 10.0 Å². The lowest BCUT2D eigenvalue weighted by atomic mass is 10.2. The topological polar surface area (TPSA) is 88.2 Å². The molecule has 1 saturated heterocycles. The number of hydrogen-bond acceptors (Lipinski definition) is 6. The van der Waals surface area contributed by atoms with Crippen LogP contribution in [0.15, 0.2) is 41.3 Å². The summed E-state index contributed by atoms with van der Waals surface area (Å²) in [6, 6.07) is 10.9. The minimum absolute atomic E-state index is 0.118. The number of fused-ring (bicyclic) bond motifs is 1. The van der Waals surface area contributed by atoms with Gasteiger partial charge >= 0.3 is 0 Å².